The molecule has 29 heavy (non-hydrogen) atoms. The summed E-state index contributed by atoms with van der Waals surface area (Å²) < 4.78 is 28.9. The van der Waals surface area contributed by atoms with Crippen LogP contribution >= 0.6 is 0 Å². The Hall–Kier alpha value is -2.66. The van der Waals surface area contributed by atoms with Crippen LogP contribution in [0.1, 0.15) is 42.6 Å². The summed E-state index contributed by atoms with van der Waals surface area (Å²) in [6, 6.07) is 17.9. The topological polar surface area (TPSA) is 54.5 Å². The summed E-state index contributed by atoms with van der Waals surface area (Å²) in [5, 5.41) is 1.86. The van der Waals surface area contributed by atoms with Crippen LogP contribution in [0.4, 0.5) is 5.69 Å². The first-order valence-electron chi connectivity index (χ1n) is 9.94. The molecular formula is C24H25NO3S. The van der Waals surface area contributed by atoms with Crippen LogP contribution in [-0.2, 0) is 10.0 Å². The van der Waals surface area contributed by atoms with E-state index in [0.29, 0.717) is 17.7 Å². The predicted molar refractivity (Wildman–Crippen MR) is 117 cm³/mol. The van der Waals surface area contributed by atoms with Crippen LogP contribution in [0.3, 0.4) is 0 Å². The minimum Gasteiger partial charge on any atom is -0.294 e. The van der Waals surface area contributed by atoms with Crippen LogP contribution in [0.2, 0.25) is 0 Å². The lowest BCUT2D eigenvalue weighted by molar-refractivity contribution is 0.0966. The van der Waals surface area contributed by atoms with Crippen molar-refractivity contribution in [3.8, 4) is 0 Å². The van der Waals surface area contributed by atoms with Crippen LogP contribution < -0.4 is 4.31 Å². The summed E-state index contributed by atoms with van der Waals surface area (Å²) in [5.74, 6) is 0.275. The van der Waals surface area contributed by atoms with Gasteiger partial charge in [-0.15, -0.1) is 0 Å². The smallest absolute Gasteiger partial charge is 0.264 e. The molecule has 0 aromatic heterocycles. The van der Waals surface area contributed by atoms with Crippen molar-refractivity contribution in [3.63, 3.8) is 0 Å². The van der Waals surface area contributed by atoms with Crippen molar-refractivity contribution in [3.05, 3.63) is 71.8 Å². The normalized spacial score (nSPS) is 17.0. The third kappa shape index (κ3) is 3.55. The van der Waals surface area contributed by atoms with E-state index in [1.54, 1.807) is 24.3 Å². The van der Waals surface area contributed by atoms with Crippen molar-refractivity contribution in [2.24, 2.45) is 5.92 Å². The van der Waals surface area contributed by atoms with Crippen molar-refractivity contribution in [1.82, 2.24) is 0 Å². The number of Topliss-reactive ketones (excluding diaryl/α,β-unsaturated/α-hetero) is 1. The molecule has 1 unspecified atom stereocenters. The molecule has 0 spiro atoms. The van der Waals surface area contributed by atoms with Gasteiger partial charge in [-0.1, -0.05) is 55.8 Å². The Kier molecular flexibility index (Phi) is 4.95. The van der Waals surface area contributed by atoms with Crippen LogP contribution in [-0.4, -0.2) is 20.2 Å². The Morgan fingerprint density at radius 3 is 2.24 bits per heavy atom. The second kappa shape index (κ2) is 7.30. The van der Waals surface area contributed by atoms with Crippen molar-refractivity contribution < 1.29 is 13.2 Å². The lowest BCUT2D eigenvalue weighted by atomic mass is 9.90. The Morgan fingerprint density at radius 1 is 1.00 bits per heavy atom. The highest BCUT2D eigenvalue weighted by Gasteiger charge is 2.39. The molecule has 5 heteroatoms. The first-order chi connectivity index (χ1) is 13.8. The van der Waals surface area contributed by atoms with Gasteiger partial charge < -0.3 is 0 Å². The van der Waals surface area contributed by atoms with Gasteiger partial charge in [-0.05, 0) is 54.3 Å². The Balaban J connectivity index is 1.95. The highest BCUT2D eigenvalue weighted by Crippen LogP contribution is 2.39. The molecule has 1 aliphatic rings. The van der Waals surface area contributed by atoms with Gasteiger partial charge in [-0.2, -0.15) is 0 Å². The number of aryl methyl sites for hydroxylation is 1. The van der Waals surface area contributed by atoms with Crippen molar-refractivity contribution in [2.45, 2.75) is 44.6 Å². The number of anilines is 1. The lowest BCUT2D eigenvalue weighted by Gasteiger charge is -2.38. The fraction of sp³-hybridized carbons (Fsp3) is 0.292. The number of hydrogen-bond donors (Lipinski definition) is 0. The zero-order valence-electron chi connectivity index (χ0n) is 16.9. The molecule has 0 amide bonds. The maximum absolute atomic E-state index is 13.7. The molecule has 3 aromatic carbocycles. The Morgan fingerprint density at radius 2 is 1.62 bits per heavy atom. The second-order valence-electron chi connectivity index (χ2n) is 8.24. The molecule has 1 atom stereocenters. The summed E-state index contributed by atoms with van der Waals surface area (Å²) in [5.41, 5.74) is 1.98. The van der Waals surface area contributed by atoms with Crippen LogP contribution in [0, 0.1) is 12.8 Å². The predicted octanol–water partition coefficient (Wildman–Crippen LogP) is 5.34. The van der Waals surface area contributed by atoms with E-state index < -0.39 is 10.0 Å². The zero-order chi connectivity index (χ0) is 20.8. The van der Waals surface area contributed by atoms with E-state index in [0.717, 1.165) is 16.3 Å². The molecule has 0 radical (unpaired) electrons. The van der Waals surface area contributed by atoms with Gasteiger partial charge in [0, 0.05) is 12.0 Å². The van der Waals surface area contributed by atoms with E-state index in [2.05, 4.69) is 13.8 Å². The van der Waals surface area contributed by atoms with Gasteiger partial charge in [0.15, 0.2) is 5.78 Å². The van der Waals surface area contributed by atoms with E-state index in [1.807, 2.05) is 43.3 Å². The zero-order valence-corrected chi connectivity index (χ0v) is 17.7. The first kappa shape index (κ1) is 19.6. The highest BCUT2D eigenvalue weighted by atomic mass is 32.2. The molecule has 1 aliphatic heterocycles. The largest absolute Gasteiger partial charge is 0.294 e. The number of hydrogen-bond acceptors (Lipinski definition) is 3. The van der Waals surface area contributed by atoms with Crippen molar-refractivity contribution in [2.75, 3.05) is 4.31 Å². The molecular weight excluding hydrogens is 382 g/mol. The molecule has 4 rings (SSSR count). The molecule has 1 heterocycles. The fourth-order valence-electron chi connectivity index (χ4n) is 4.11. The number of carbonyl (C=O) groups excluding carboxylic acids is 1. The van der Waals surface area contributed by atoms with E-state index in [-0.39, 0.29) is 29.1 Å². The number of benzene rings is 3. The molecule has 0 aliphatic carbocycles. The molecule has 0 saturated carbocycles. The Labute approximate surface area is 172 Å². The van der Waals surface area contributed by atoms with Gasteiger partial charge >= 0.3 is 0 Å². The molecule has 150 valence electrons. The molecule has 0 bridgehead atoms. The summed E-state index contributed by atoms with van der Waals surface area (Å²) >= 11 is 0. The van der Waals surface area contributed by atoms with E-state index in [4.69, 9.17) is 0 Å². The third-order valence-corrected chi connectivity index (χ3v) is 7.36. The minimum atomic E-state index is -3.80. The van der Waals surface area contributed by atoms with Crippen molar-refractivity contribution >= 4 is 32.3 Å². The average Bonchev–Trinajstić information content (AvgIpc) is 2.66. The van der Waals surface area contributed by atoms with Gasteiger partial charge in [-0.25, -0.2) is 8.42 Å². The molecule has 4 nitrogen and oxygen atoms in total. The second-order valence-corrected chi connectivity index (χ2v) is 10.1. The number of rotatable bonds is 4. The first-order valence-corrected chi connectivity index (χ1v) is 11.4. The molecule has 3 aromatic rings. The van der Waals surface area contributed by atoms with Crippen molar-refractivity contribution in [1.29, 1.82) is 0 Å². The number of carbonyl (C=O) groups is 1. The van der Waals surface area contributed by atoms with Gasteiger partial charge in [-0.3, -0.25) is 9.10 Å². The maximum atomic E-state index is 13.7. The average molecular weight is 408 g/mol. The standard InChI is InChI=1S/C24H25NO3S/c1-16(2)12-20-15-24(26)22-13-18-6-4-5-7-19(18)14-23(22)25(20)29(27,28)21-10-8-17(3)9-11-21/h4-11,13-14,16,20H,12,15H2,1-3H3. The fourth-order valence-corrected chi connectivity index (χ4v) is 5.78. The quantitative estimate of drug-likeness (QED) is 0.586. The van der Waals surface area contributed by atoms with Gasteiger partial charge in [0.2, 0.25) is 0 Å². The van der Waals surface area contributed by atoms with Gasteiger partial charge in [0.05, 0.1) is 16.6 Å². The number of fused-ring (bicyclic) bond motifs is 2. The summed E-state index contributed by atoms with van der Waals surface area (Å²) in [4.78, 5) is 13.2. The minimum absolute atomic E-state index is 0.00626. The van der Waals surface area contributed by atoms with E-state index >= 15 is 0 Å². The summed E-state index contributed by atoms with van der Waals surface area (Å²) in [6.45, 7) is 6.03. The molecule has 0 saturated heterocycles. The highest BCUT2D eigenvalue weighted by molar-refractivity contribution is 7.92. The van der Waals surface area contributed by atoms with Gasteiger partial charge in [0.1, 0.15) is 0 Å². The van der Waals surface area contributed by atoms with Crippen LogP contribution in [0.25, 0.3) is 10.8 Å². The Bertz CT molecular complexity index is 1180. The summed E-state index contributed by atoms with van der Waals surface area (Å²) in [6.07, 6.45) is 0.831. The van der Waals surface area contributed by atoms with E-state index in [9.17, 15) is 13.2 Å². The lowest BCUT2D eigenvalue weighted by Crippen LogP contribution is -2.46. The third-order valence-electron chi connectivity index (χ3n) is 5.48. The van der Waals surface area contributed by atoms with Crippen LogP contribution in [0.15, 0.2) is 65.6 Å². The SMILES string of the molecule is Cc1ccc(S(=O)(=O)N2c3cc4ccccc4cc3C(=O)CC2CC(C)C)cc1. The molecule has 0 N–H and O–H groups in total. The molecule has 0 fully saturated rings. The monoisotopic (exact) mass is 407 g/mol. The number of sulfonamides is 1. The van der Waals surface area contributed by atoms with E-state index in [1.165, 1.54) is 4.31 Å². The van der Waals surface area contributed by atoms with Crippen LogP contribution in [0.5, 0.6) is 0 Å². The number of ketones is 1. The number of nitrogens with zero attached hydrogens (tertiary/aromatic N) is 1. The maximum Gasteiger partial charge on any atom is 0.264 e. The summed E-state index contributed by atoms with van der Waals surface area (Å²) in [7, 11) is -3.80. The van der Waals surface area contributed by atoms with Gasteiger partial charge in [0.25, 0.3) is 10.0 Å².